The van der Waals surface area contributed by atoms with Crippen molar-refractivity contribution in [2.24, 2.45) is 0 Å². The molecule has 4 rings (SSSR count). The minimum Gasteiger partial charge on any atom is -0.341 e. The molecule has 2 aromatic carbocycles. The fourth-order valence-electron chi connectivity index (χ4n) is 4.28. The van der Waals surface area contributed by atoms with Gasteiger partial charge in [0.15, 0.2) is 0 Å². The van der Waals surface area contributed by atoms with Gasteiger partial charge in [-0.3, -0.25) is 4.79 Å². The fraction of sp³-hybridized carbons (Fsp3) is 0.409. The van der Waals surface area contributed by atoms with E-state index in [2.05, 4.69) is 5.32 Å². The lowest BCUT2D eigenvalue weighted by Crippen LogP contribution is -2.55. The van der Waals surface area contributed by atoms with Gasteiger partial charge in [-0.2, -0.15) is 0 Å². The first kappa shape index (κ1) is 17.2. The van der Waals surface area contributed by atoms with Crippen LogP contribution in [-0.4, -0.2) is 36.0 Å². The molecular weight excluding hydrogens is 327 g/mol. The predicted octanol–water partition coefficient (Wildman–Crippen LogP) is 3.78. The van der Waals surface area contributed by atoms with E-state index >= 15 is 0 Å². The Kier molecular flexibility index (Phi) is 4.77. The van der Waals surface area contributed by atoms with E-state index in [1.54, 1.807) is 12.1 Å². The van der Waals surface area contributed by atoms with E-state index in [1.807, 2.05) is 35.2 Å². The summed E-state index contributed by atoms with van der Waals surface area (Å²) in [6.45, 7) is 2.66. The van der Waals surface area contributed by atoms with Crippen LogP contribution in [-0.2, 0) is 11.2 Å². The minimum atomic E-state index is -0.468. The van der Waals surface area contributed by atoms with Crippen molar-refractivity contribution in [1.82, 2.24) is 10.2 Å². The lowest BCUT2D eigenvalue weighted by Gasteiger charge is -2.33. The highest BCUT2D eigenvalue weighted by molar-refractivity contribution is 5.87. The molecule has 2 saturated heterocycles. The molecule has 2 aromatic rings. The number of likely N-dealkylation sites (tertiary alicyclic amines) is 1. The molecule has 0 bridgehead atoms. The average Bonchev–Trinajstić information content (AvgIpc) is 3.35. The van der Waals surface area contributed by atoms with Crippen molar-refractivity contribution in [2.75, 3.05) is 19.6 Å². The fourth-order valence-corrected chi connectivity index (χ4v) is 4.28. The highest BCUT2D eigenvalue weighted by atomic mass is 19.1. The minimum absolute atomic E-state index is 0.210. The van der Waals surface area contributed by atoms with Gasteiger partial charge in [-0.05, 0) is 55.8 Å². The highest BCUT2D eigenvalue weighted by Crippen LogP contribution is 2.29. The van der Waals surface area contributed by atoms with Crippen LogP contribution in [0.5, 0.6) is 0 Å². The number of rotatable bonds is 4. The zero-order chi connectivity index (χ0) is 18.0. The molecule has 136 valence electrons. The zero-order valence-electron chi connectivity index (χ0n) is 15.0. The van der Waals surface area contributed by atoms with Gasteiger partial charge in [0.1, 0.15) is 11.4 Å². The first-order valence-corrected chi connectivity index (χ1v) is 9.56. The first-order chi connectivity index (χ1) is 12.7. The van der Waals surface area contributed by atoms with Crippen molar-refractivity contribution in [3.05, 3.63) is 59.9 Å². The number of hydrogen-bond donors (Lipinski definition) is 1. The molecule has 2 heterocycles. The highest BCUT2D eigenvalue weighted by Gasteiger charge is 2.43. The van der Waals surface area contributed by atoms with Crippen molar-refractivity contribution in [3.8, 4) is 11.1 Å². The van der Waals surface area contributed by atoms with Crippen LogP contribution in [0.2, 0.25) is 0 Å². The Hall–Kier alpha value is -2.20. The second-order valence-electron chi connectivity index (χ2n) is 7.47. The van der Waals surface area contributed by atoms with Gasteiger partial charge in [0.25, 0.3) is 0 Å². The van der Waals surface area contributed by atoms with E-state index in [4.69, 9.17) is 0 Å². The third-order valence-electron chi connectivity index (χ3n) is 5.69. The third kappa shape index (κ3) is 3.26. The number of carbonyl (C=O) groups is 1. The summed E-state index contributed by atoms with van der Waals surface area (Å²) in [6.07, 6.45) is 4.84. The third-order valence-corrected chi connectivity index (χ3v) is 5.69. The van der Waals surface area contributed by atoms with Crippen LogP contribution in [0.15, 0.2) is 48.5 Å². The molecule has 0 aromatic heterocycles. The monoisotopic (exact) mass is 352 g/mol. The van der Waals surface area contributed by atoms with Crippen LogP contribution in [0.1, 0.15) is 31.2 Å². The Morgan fingerprint density at radius 2 is 1.77 bits per heavy atom. The van der Waals surface area contributed by atoms with Crippen LogP contribution in [0.4, 0.5) is 4.39 Å². The Morgan fingerprint density at radius 1 is 1.04 bits per heavy atom. The van der Waals surface area contributed by atoms with Crippen LogP contribution >= 0.6 is 0 Å². The number of nitrogens with zero attached hydrogens (tertiary/aromatic N) is 1. The van der Waals surface area contributed by atoms with Crippen molar-refractivity contribution in [3.63, 3.8) is 0 Å². The molecule has 1 atom stereocenters. The molecule has 2 aliphatic rings. The number of hydrogen-bond acceptors (Lipinski definition) is 2. The van der Waals surface area contributed by atoms with E-state index in [0.29, 0.717) is 12.0 Å². The normalized spacial score (nSPS) is 22.7. The molecule has 0 radical (unpaired) electrons. The van der Waals surface area contributed by atoms with E-state index in [9.17, 15) is 9.18 Å². The average molecular weight is 352 g/mol. The Balaban J connectivity index is 1.55. The van der Waals surface area contributed by atoms with Gasteiger partial charge in [-0.1, -0.05) is 42.5 Å². The second kappa shape index (κ2) is 7.20. The maximum Gasteiger partial charge on any atom is 0.243 e. The van der Waals surface area contributed by atoms with Gasteiger partial charge in [-0.15, -0.1) is 0 Å². The van der Waals surface area contributed by atoms with Crippen molar-refractivity contribution >= 4 is 5.91 Å². The SMILES string of the molecule is O=C(N1CCCC1)C1(Cc2ccc(-c3ccccc3F)cc2)CCCN1. The van der Waals surface area contributed by atoms with E-state index in [-0.39, 0.29) is 11.7 Å². The Morgan fingerprint density at radius 3 is 2.42 bits per heavy atom. The van der Waals surface area contributed by atoms with Gasteiger partial charge in [0.05, 0.1) is 0 Å². The van der Waals surface area contributed by atoms with Gasteiger partial charge in [0, 0.05) is 18.7 Å². The molecule has 0 aliphatic carbocycles. The topological polar surface area (TPSA) is 32.3 Å². The van der Waals surface area contributed by atoms with Gasteiger partial charge in [0.2, 0.25) is 5.91 Å². The summed E-state index contributed by atoms with van der Waals surface area (Å²) in [5.41, 5.74) is 2.13. The molecule has 1 amide bonds. The summed E-state index contributed by atoms with van der Waals surface area (Å²) in [5.74, 6) is 0.0454. The van der Waals surface area contributed by atoms with Crippen molar-refractivity contribution in [2.45, 2.75) is 37.6 Å². The van der Waals surface area contributed by atoms with Crippen LogP contribution in [0.3, 0.4) is 0 Å². The summed E-state index contributed by atoms with van der Waals surface area (Å²) < 4.78 is 14.0. The summed E-state index contributed by atoms with van der Waals surface area (Å²) in [6, 6.07) is 14.8. The number of amides is 1. The standard InChI is InChI=1S/C22H25FN2O/c23-20-7-2-1-6-19(20)18-10-8-17(9-11-18)16-22(12-5-13-24-22)21(26)25-14-3-4-15-25/h1-2,6-11,24H,3-5,12-16H2. The molecular formula is C22H25FN2O. The number of nitrogens with one attached hydrogen (secondary N) is 1. The predicted molar refractivity (Wildman–Crippen MR) is 101 cm³/mol. The molecule has 4 heteroatoms. The molecule has 1 N–H and O–H groups in total. The maximum absolute atomic E-state index is 14.0. The van der Waals surface area contributed by atoms with Crippen LogP contribution < -0.4 is 5.32 Å². The Labute approximate surface area is 154 Å². The van der Waals surface area contributed by atoms with E-state index in [0.717, 1.165) is 56.4 Å². The van der Waals surface area contributed by atoms with Crippen LogP contribution in [0.25, 0.3) is 11.1 Å². The summed E-state index contributed by atoms with van der Waals surface area (Å²) >= 11 is 0. The van der Waals surface area contributed by atoms with E-state index in [1.165, 1.54) is 6.07 Å². The van der Waals surface area contributed by atoms with Crippen LogP contribution in [0, 0.1) is 5.82 Å². The summed E-state index contributed by atoms with van der Waals surface area (Å²) in [5, 5.41) is 3.50. The van der Waals surface area contributed by atoms with Crippen molar-refractivity contribution < 1.29 is 9.18 Å². The Bertz CT molecular complexity index is 775. The number of halogens is 1. The molecule has 1 unspecified atom stereocenters. The quantitative estimate of drug-likeness (QED) is 0.908. The number of carbonyl (C=O) groups excluding carboxylic acids is 1. The summed E-state index contributed by atoms with van der Waals surface area (Å²) in [7, 11) is 0. The molecule has 0 spiro atoms. The first-order valence-electron chi connectivity index (χ1n) is 9.56. The summed E-state index contributed by atoms with van der Waals surface area (Å²) in [4.78, 5) is 15.1. The zero-order valence-corrected chi connectivity index (χ0v) is 15.0. The molecule has 3 nitrogen and oxygen atoms in total. The number of benzene rings is 2. The van der Waals surface area contributed by atoms with Crippen molar-refractivity contribution in [1.29, 1.82) is 0 Å². The van der Waals surface area contributed by atoms with E-state index < -0.39 is 5.54 Å². The molecule has 26 heavy (non-hydrogen) atoms. The van der Waals surface area contributed by atoms with Gasteiger partial charge in [-0.25, -0.2) is 4.39 Å². The largest absolute Gasteiger partial charge is 0.341 e. The smallest absolute Gasteiger partial charge is 0.243 e. The maximum atomic E-state index is 14.0. The molecule has 2 aliphatic heterocycles. The van der Waals surface area contributed by atoms with Gasteiger partial charge < -0.3 is 10.2 Å². The lowest BCUT2D eigenvalue weighted by atomic mass is 9.87. The lowest BCUT2D eigenvalue weighted by molar-refractivity contribution is -0.136. The molecule has 2 fully saturated rings. The molecule has 0 saturated carbocycles. The second-order valence-corrected chi connectivity index (χ2v) is 7.47. The van der Waals surface area contributed by atoms with Gasteiger partial charge >= 0.3 is 0 Å².